The second-order valence-corrected chi connectivity index (χ2v) is 8.22. The molecule has 3 rings (SSSR count). The van der Waals surface area contributed by atoms with E-state index in [9.17, 15) is 4.79 Å². The summed E-state index contributed by atoms with van der Waals surface area (Å²) in [6, 6.07) is 7.75. The van der Waals surface area contributed by atoms with Crippen molar-refractivity contribution < 1.29 is 9.53 Å². The normalized spacial score (nSPS) is 13.0. The Morgan fingerprint density at radius 2 is 2.14 bits per heavy atom. The van der Waals surface area contributed by atoms with Crippen molar-refractivity contribution in [1.29, 1.82) is 0 Å². The van der Waals surface area contributed by atoms with Gasteiger partial charge in [-0.05, 0) is 53.0 Å². The summed E-state index contributed by atoms with van der Waals surface area (Å²) in [5, 5.41) is 10.6. The molecule has 0 bridgehead atoms. The Morgan fingerprint density at radius 3 is 2.90 bits per heavy atom. The van der Waals surface area contributed by atoms with Gasteiger partial charge in [-0.15, -0.1) is 0 Å². The van der Waals surface area contributed by atoms with E-state index in [0.29, 0.717) is 23.6 Å². The van der Waals surface area contributed by atoms with Crippen LogP contribution in [-0.2, 0) is 0 Å². The number of thiazole rings is 1. The van der Waals surface area contributed by atoms with E-state index in [-0.39, 0.29) is 12.0 Å². The number of ether oxygens (including phenoxy) is 1. The molecule has 0 atom stereocenters. The van der Waals surface area contributed by atoms with Crippen LogP contribution in [0.15, 0.2) is 29.3 Å². The zero-order valence-corrected chi connectivity index (χ0v) is 18.1. The number of rotatable bonds is 9. The van der Waals surface area contributed by atoms with Crippen molar-refractivity contribution in [1.82, 2.24) is 20.5 Å². The van der Waals surface area contributed by atoms with Gasteiger partial charge < -0.3 is 25.6 Å². The molecule has 2 aromatic rings. The minimum atomic E-state index is -0.166. The Kier molecular flexibility index (Phi) is 7.05. The van der Waals surface area contributed by atoms with Crippen LogP contribution >= 0.6 is 11.3 Å². The van der Waals surface area contributed by atoms with Gasteiger partial charge in [0.2, 0.25) is 0 Å². The highest BCUT2D eigenvalue weighted by atomic mass is 32.1. The number of benzene rings is 1. The van der Waals surface area contributed by atoms with Gasteiger partial charge >= 0.3 is 0 Å². The molecular formula is C20H28N6O2S. The molecule has 1 aromatic heterocycles. The zero-order chi connectivity index (χ0) is 20.8. The van der Waals surface area contributed by atoms with Crippen molar-refractivity contribution in [3.8, 4) is 5.75 Å². The highest BCUT2D eigenvalue weighted by molar-refractivity contribution is 7.11. The number of aromatic nitrogens is 1. The maximum absolute atomic E-state index is 12.5. The lowest BCUT2D eigenvalue weighted by atomic mass is 10.3. The predicted molar refractivity (Wildman–Crippen MR) is 116 cm³/mol. The Hall–Kier alpha value is -2.65. The molecule has 0 radical (unpaired) electrons. The topological polar surface area (TPSA) is 90.9 Å². The smallest absolute Gasteiger partial charge is 0.280 e. The zero-order valence-electron chi connectivity index (χ0n) is 17.3. The molecule has 0 spiro atoms. The molecule has 1 aliphatic heterocycles. The van der Waals surface area contributed by atoms with E-state index in [4.69, 9.17) is 4.74 Å². The average molecular weight is 417 g/mol. The van der Waals surface area contributed by atoms with E-state index < -0.39 is 0 Å². The van der Waals surface area contributed by atoms with Gasteiger partial charge in [-0.1, -0.05) is 23.5 Å². The fourth-order valence-electron chi connectivity index (χ4n) is 2.79. The molecule has 2 heterocycles. The molecule has 1 aliphatic rings. The second-order valence-electron chi connectivity index (χ2n) is 7.24. The quantitative estimate of drug-likeness (QED) is 0.528. The van der Waals surface area contributed by atoms with E-state index in [1.54, 1.807) is 0 Å². The predicted octanol–water partition coefficient (Wildman–Crippen LogP) is 0.970. The molecule has 29 heavy (non-hydrogen) atoms. The van der Waals surface area contributed by atoms with Gasteiger partial charge in [0.1, 0.15) is 28.3 Å². The molecule has 3 N–H and O–H groups in total. The van der Waals surface area contributed by atoms with Crippen LogP contribution in [-0.4, -0.2) is 55.7 Å². The lowest BCUT2D eigenvalue weighted by Gasteiger charge is -2.18. The van der Waals surface area contributed by atoms with E-state index >= 15 is 0 Å². The Morgan fingerprint density at radius 1 is 1.34 bits per heavy atom. The van der Waals surface area contributed by atoms with Gasteiger partial charge in [0.05, 0.1) is 11.8 Å². The second kappa shape index (κ2) is 9.71. The molecule has 0 saturated carbocycles. The van der Waals surface area contributed by atoms with E-state index in [0.717, 1.165) is 34.9 Å². The number of anilines is 1. The molecule has 0 aliphatic carbocycles. The highest BCUT2D eigenvalue weighted by Gasteiger charge is 2.16. The summed E-state index contributed by atoms with van der Waals surface area (Å²) >= 11 is 1.30. The molecule has 0 fully saturated rings. The fraction of sp³-hybridized carbons (Fsp3) is 0.450. The minimum Gasteiger partial charge on any atom is -0.489 e. The summed E-state index contributed by atoms with van der Waals surface area (Å²) in [5.41, 5.74) is 0.833. The number of fused-ring (bicyclic) bond motifs is 1. The molecule has 1 aromatic carbocycles. The lowest BCUT2D eigenvalue weighted by Crippen LogP contribution is -2.39. The first-order valence-electron chi connectivity index (χ1n) is 9.69. The highest BCUT2D eigenvalue weighted by Crippen LogP contribution is 2.25. The van der Waals surface area contributed by atoms with Crippen LogP contribution in [0, 0.1) is 0 Å². The number of hydrogen-bond acceptors (Lipinski definition) is 8. The number of amides is 1. The first-order valence-corrected chi connectivity index (χ1v) is 10.5. The number of carbonyl (C=O) groups is 1. The average Bonchev–Trinajstić information content (AvgIpc) is 3.11. The summed E-state index contributed by atoms with van der Waals surface area (Å²) in [5.74, 6) is 1.31. The lowest BCUT2D eigenvalue weighted by molar-refractivity contribution is 0.0951. The van der Waals surface area contributed by atoms with Crippen LogP contribution in [0.4, 0.5) is 5.69 Å². The number of hydrogen-bond donors (Lipinski definition) is 3. The van der Waals surface area contributed by atoms with Crippen LogP contribution in [0.5, 0.6) is 5.75 Å². The van der Waals surface area contributed by atoms with Crippen molar-refractivity contribution in [2.24, 2.45) is 4.99 Å². The first-order chi connectivity index (χ1) is 13.9. The standard InChI is InChI=1S/C20H28N6O2S/c1-13(2)28-15-9-6-5-8-14(15)24-17-16-19(23-12-22-17)29-20(25-16)18(27)21-10-7-11-26(3)4/h5-6,8-9,13,22,24H,7,10-12H2,1-4H3,(H,21,27). The van der Waals surface area contributed by atoms with Crippen LogP contribution in [0.25, 0.3) is 5.82 Å². The number of para-hydroxylation sites is 2. The summed E-state index contributed by atoms with van der Waals surface area (Å²) < 4.78 is 6.62. The summed E-state index contributed by atoms with van der Waals surface area (Å²) in [6.07, 6.45) is 0.955. The fourth-order valence-corrected chi connectivity index (χ4v) is 3.65. The van der Waals surface area contributed by atoms with Gasteiger partial charge in [-0.2, -0.15) is 0 Å². The van der Waals surface area contributed by atoms with Crippen molar-refractivity contribution >= 4 is 28.8 Å². The summed E-state index contributed by atoms with van der Waals surface area (Å²) in [6.45, 7) is 5.95. The van der Waals surface area contributed by atoms with Gasteiger partial charge in [0, 0.05) is 6.54 Å². The number of nitrogens with zero attached hydrogens (tertiary/aromatic N) is 3. The summed E-state index contributed by atoms with van der Waals surface area (Å²) in [7, 11) is 4.03. The Balaban J connectivity index is 1.80. The van der Waals surface area contributed by atoms with Gasteiger partial charge in [0.25, 0.3) is 5.91 Å². The van der Waals surface area contributed by atoms with Crippen LogP contribution in [0.1, 0.15) is 30.1 Å². The Bertz CT molecular complexity index is 970. The van der Waals surface area contributed by atoms with Gasteiger partial charge in [-0.25, -0.2) is 4.98 Å². The van der Waals surface area contributed by atoms with E-state index in [2.05, 4.69) is 30.8 Å². The number of nitrogens with one attached hydrogen (secondary N) is 3. The molecule has 1 amide bonds. The Labute approximate surface area is 174 Å². The molecular weight excluding hydrogens is 388 g/mol. The molecule has 0 unspecified atom stereocenters. The van der Waals surface area contributed by atoms with Crippen LogP contribution in [0.3, 0.4) is 0 Å². The van der Waals surface area contributed by atoms with Crippen molar-refractivity contribution in [2.45, 2.75) is 26.4 Å². The van der Waals surface area contributed by atoms with Crippen molar-refractivity contribution in [2.75, 3.05) is 39.2 Å². The monoisotopic (exact) mass is 416 g/mol. The first kappa shape index (κ1) is 21.1. The largest absolute Gasteiger partial charge is 0.489 e. The number of carbonyl (C=O) groups excluding carboxylic acids is 1. The van der Waals surface area contributed by atoms with Crippen molar-refractivity contribution in [3.63, 3.8) is 0 Å². The summed E-state index contributed by atoms with van der Waals surface area (Å²) in [4.78, 5) is 23.5. The third kappa shape index (κ3) is 5.68. The van der Waals surface area contributed by atoms with E-state index in [1.807, 2.05) is 52.2 Å². The van der Waals surface area contributed by atoms with Crippen molar-refractivity contribution in [3.05, 3.63) is 39.3 Å². The molecule has 8 nitrogen and oxygen atoms in total. The van der Waals surface area contributed by atoms with Crippen LogP contribution < -0.4 is 30.7 Å². The molecule has 9 heteroatoms. The molecule has 156 valence electrons. The van der Waals surface area contributed by atoms with Gasteiger partial charge in [-0.3, -0.25) is 9.79 Å². The van der Waals surface area contributed by atoms with Crippen LogP contribution in [0.2, 0.25) is 0 Å². The minimum absolute atomic E-state index is 0.0647. The maximum atomic E-state index is 12.5. The van der Waals surface area contributed by atoms with E-state index in [1.165, 1.54) is 11.3 Å². The molecule has 0 saturated heterocycles. The third-order valence-corrected chi connectivity index (χ3v) is 5.08. The van der Waals surface area contributed by atoms with Gasteiger partial charge in [0.15, 0.2) is 5.01 Å². The third-order valence-electron chi connectivity index (χ3n) is 4.10. The maximum Gasteiger partial charge on any atom is 0.280 e. The SMILES string of the molecule is CC(C)Oc1ccccc1NC1=c2nc(C(=O)NCCCN(C)C)sc2=NCN1.